The Morgan fingerprint density at radius 1 is 1.03 bits per heavy atom. The molecule has 2 aliphatic rings. The number of anilines is 2. The van der Waals surface area contributed by atoms with Crippen LogP contribution in [0.3, 0.4) is 0 Å². The highest BCUT2D eigenvalue weighted by molar-refractivity contribution is 5.75. The summed E-state index contributed by atoms with van der Waals surface area (Å²) < 4.78 is 66.2. The molecule has 2 aliphatic heterocycles. The van der Waals surface area contributed by atoms with E-state index in [1.54, 1.807) is 19.2 Å². The van der Waals surface area contributed by atoms with Crippen molar-refractivity contribution in [3.63, 3.8) is 0 Å². The molecule has 3 aromatic rings. The molecule has 0 aromatic carbocycles. The van der Waals surface area contributed by atoms with Crippen molar-refractivity contribution in [3.05, 3.63) is 29.5 Å². The normalized spacial score (nSPS) is 18.1. The summed E-state index contributed by atoms with van der Waals surface area (Å²) >= 11 is 0. The summed E-state index contributed by atoms with van der Waals surface area (Å²) in [6.45, 7) is 5.12. The molecular formula is C20H21F5N8. The first-order chi connectivity index (χ1) is 15.5. The predicted octanol–water partition coefficient (Wildman–Crippen LogP) is 3.23. The molecule has 33 heavy (non-hydrogen) atoms. The summed E-state index contributed by atoms with van der Waals surface area (Å²) in [5.41, 5.74) is 1.50. The molecule has 0 amide bonds. The van der Waals surface area contributed by atoms with Gasteiger partial charge in [0.1, 0.15) is 23.7 Å². The van der Waals surface area contributed by atoms with Gasteiger partial charge in [0.15, 0.2) is 5.65 Å². The molecule has 0 radical (unpaired) electrons. The van der Waals surface area contributed by atoms with E-state index in [1.165, 1.54) is 11.6 Å². The van der Waals surface area contributed by atoms with Gasteiger partial charge < -0.3 is 9.80 Å². The van der Waals surface area contributed by atoms with Crippen LogP contribution < -0.4 is 9.80 Å². The SMILES string of the molecule is Cc1cc(N2CC3(CCN(c4cnc5c(C)nn(CC(F)F)c5n4)C3)C2)nc(C(F)(F)F)n1. The summed E-state index contributed by atoms with van der Waals surface area (Å²) in [4.78, 5) is 20.0. The fourth-order valence-corrected chi connectivity index (χ4v) is 4.65. The molecule has 176 valence electrons. The number of hydrogen-bond acceptors (Lipinski definition) is 7. The van der Waals surface area contributed by atoms with E-state index in [4.69, 9.17) is 0 Å². The molecule has 0 N–H and O–H groups in total. The number of aromatic nitrogens is 6. The second-order valence-electron chi connectivity index (χ2n) is 8.78. The summed E-state index contributed by atoms with van der Waals surface area (Å²) in [5, 5.41) is 4.12. The number of nitrogens with zero attached hydrogens (tertiary/aromatic N) is 8. The maximum absolute atomic E-state index is 13.1. The van der Waals surface area contributed by atoms with E-state index in [1.807, 2.05) is 9.80 Å². The lowest BCUT2D eigenvalue weighted by Crippen LogP contribution is -2.58. The molecular weight excluding hydrogens is 447 g/mol. The van der Waals surface area contributed by atoms with Crippen LogP contribution in [-0.4, -0.2) is 62.3 Å². The largest absolute Gasteiger partial charge is 0.451 e. The molecule has 2 fully saturated rings. The summed E-state index contributed by atoms with van der Waals surface area (Å²) in [5.74, 6) is -0.289. The van der Waals surface area contributed by atoms with Crippen LogP contribution in [0.2, 0.25) is 0 Å². The summed E-state index contributed by atoms with van der Waals surface area (Å²) in [6.07, 6.45) is -4.71. The Morgan fingerprint density at radius 2 is 1.76 bits per heavy atom. The van der Waals surface area contributed by atoms with E-state index < -0.39 is 25.0 Å². The van der Waals surface area contributed by atoms with Crippen LogP contribution in [0.25, 0.3) is 11.2 Å². The molecule has 8 nitrogen and oxygen atoms in total. The Kier molecular flexibility index (Phi) is 4.90. The van der Waals surface area contributed by atoms with Gasteiger partial charge in [-0.3, -0.25) is 0 Å². The third-order valence-corrected chi connectivity index (χ3v) is 6.14. The number of rotatable bonds is 4. The molecule has 0 atom stereocenters. The molecule has 0 aliphatic carbocycles. The molecule has 3 aromatic heterocycles. The van der Waals surface area contributed by atoms with E-state index in [9.17, 15) is 22.0 Å². The minimum absolute atomic E-state index is 0.104. The van der Waals surface area contributed by atoms with E-state index in [2.05, 4.69) is 25.0 Å². The van der Waals surface area contributed by atoms with E-state index >= 15 is 0 Å². The number of alkyl halides is 5. The fraction of sp³-hybridized carbons (Fsp3) is 0.550. The third-order valence-electron chi connectivity index (χ3n) is 6.14. The lowest BCUT2D eigenvalue weighted by atomic mass is 9.79. The molecule has 13 heteroatoms. The second kappa shape index (κ2) is 7.45. The first kappa shape index (κ1) is 21.7. The summed E-state index contributed by atoms with van der Waals surface area (Å²) in [7, 11) is 0. The van der Waals surface area contributed by atoms with Crippen molar-refractivity contribution in [1.82, 2.24) is 29.7 Å². The maximum Gasteiger partial charge on any atom is 0.451 e. The second-order valence-corrected chi connectivity index (χ2v) is 8.78. The van der Waals surface area contributed by atoms with E-state index in [-0.39, 0.29) is 16.9 Å². The highest BCUT2D eigenvalue weighted by Crippen LogP contribution is 2.43. The molecule has 1 spiro atoms. The monoisotopic (exact) mass is 468 g/mol. The highest BCUT2D eigenvalue weighted by Gasteiger charge is 2.49. The minimum Gasteiger partial charge on any atom is -0.355 e. The van der Waals surface area contributed by atoms with Gasteiger partial charge in [-0.15, -0.1) is 0 Å². The number of halogens is 5. The van der Waals surface area contributed by atoms with Gasteiger partial charge in [-0.2, -0.15) is 18.3 Å². The zero-order valence-electron chi connectivity index (χ0n) is 17.9. The van der Waals surface area contributed by atoms with Gasteiger partial charge >= 0.3 is 6.18 Å². The molecule has 0 unspecified atom stereocenters. The van der Waals surface area contributed by atoms with Crippen molar-refractivity contribution >= 4 is 22.8 Å². The topological polar surface area (TPSA) is 75.9 Å². The van der Waals surface area contributed by atoms with Gasteiger partial charge in [0, 0.05) is 43.4 Å². The van der Waals surface area contributed by atoms with Crippen molar-refractivity contribution in [3.8, 4) is 0 Å². The average Bonchev–Trinajstić information content (AvgIpc) is 3.28. The molecule has 5 heterocycles. The molecule has 0 saturated carbocycles. The zero-order chi connectivity index (χ0) is 23.5. The Morgan fingerprint density at radius 3 is 2.45 bits per heavy atom. The van der Waals surface area contributed by atoms with Gasteiger partial charge in [-0.1, -0.05) is 0 Å². The molecule has 0 bridgehead atoms. The predicted molar refractivity (Wildman–Crippen MR) is 109 cm³/mol. The van der Waals surface area contributed by atoms with Gasteiger partial charge in [-0.05, 0) is 20.3 Å². The first-order valence-electron chi connectivity index (χ1n) is 10.4. The van der Waals surface area contributed by atoms with Crippen molar-refractivity contribution < 1.29 is 22.0 Å². The quantitative estimate of drug-likeness (QED) is 0.545. The van der Waals surface area contributed by atoms with Gasteiger partial charge in [0.2, 0.25) is 5.82 Å². The minimum atomic E-state index is -4.60. The lowest BCUT2D eigenvalue weighted by Gasteiger charge is -2.48. The standard InChI is InChI=1S/C20H21F5N8/c1-11-5-14(29-18(27-11)20(23,24)25)32-9-19(10-32)3-4-31(8-19)15-6-26-16-12(2)30-33(7-13(21)22)17(16)28-15/h5-6,13H,3-4,7-10H2,1-2H3. The van der Waals surface area contributed by atoms with Crippen LogP contribution in [0, 0.1) is 19.3 Å². The van der Waals surface area contributed by atoms with Gasteiger partial charge in [-0.25, -0.2) is 33.4 Å². The van der Waals surface area contributed by atoms with Crippen LogP contribution in [0.4, 0.5) is 33.6 Å². The number of hydrogen-bond donors (Lipinski definition) is 0. The first-order valence-corrected chi connectivity index (χ1v) is 10.4. The lowest BCUT2D eigenvalue weighted by molar-refractivity contribution is -0.145. The average molecular weight is 468 g/mol. The fourth-order valence-electron chi connectivity index (χ4n) is 4.65. The number of fused-ring (bicyclic) bond motifs is 1. The van der Waals surface area contributed by atoms with Crippen LogP contribution in [0.5, 0.6) is 0 Å². The Hall–Kier alpha value is -3.12. The van der Waals surface area contributed by atoms with E-state index in [0.29, 0.717) is 48.9 Å². The van der Waals surface area contributed by atoms with E-state index in [0.717, 1.165) is 6.42 Å². The third kappa shape index (κ3) is 3.93. The highest BCUT2D eigenvalue weighted by atomic mass is 19.4. The van der Waals surface area contributed by atoms with Crippen LogP contribution in [-0.2, 0) is 12.7 Å². The van der Waals surface area contributed by atoms with Crippen molar-refractivity contribution in [2.75, 3.05) is 36.0 Å². The zero-order valence-corrected chi connectivity index (χ0v) is 17.9. The van der Waals surface area contributed by atoms with Gasteiger partial charge in [0.05, 0.1) is 11.9 Å². The molecule has 5 rings (SSSR count). The Balaban J connectivity index is 1.32. The summed E-state index contributed by atoms with van der Waals surface area (Å²) in [6, 6.07) is 1.56. The van der Waals surface area contributed by atoms with Gasteiger partial charge in [0.25, 0.3) is 6.43 Å². The van der Waals surface area contributed by atoms with Crippen LogP contribution in [0.1, 0.15) is 23.6 Å². The molecule has 2 saturated heterocycles. The van der Waals surface area contributed by atoms with Crippen LogP contribution in [0.15, 0.2) is 12.3 Å². The maximum atomic E-state index is 13.1. The number of aryl methyl sites for hydroxylation is 2. The van der Waals surface area contributed by atoms with Crippen LogP contribution >= 0.6 is 0 Å². The Bertz CT molecular complexity index is 1200. The van der Waals surface area contributed by atoms with Crippen molar-refractivity contribution in [2.24, 2.45) is 5.41 Å². The Labute approximate surface area is 185 Å². The van der Waals surface area contributed by atoms with Crippen molar-refractivity contribution in [1.29, 1.82) is 0 Å². The smallest absolute Gasteiger partial charge is 0.355 e. The van der Waals surface area contributed by atoms with Crippen molar-refractivity contribution in [2.45, 2.75) is 39.4 Å².